The largest absolute Gasteiger partial charge is 0.490 e. The minimum atomic E-state index is -3.88. The number of nitrogens with one attached hydrogen (secondary N) is 1. The highest BCUT2D eigenvalue weighted by Crippen LogP contribution is 2.36. The molecule has 1 heterocycles. The zero-order chi connectivity index (χ0) is 25.6. The van der Waals surface area contributed by atoms with Gasteiger partial charge < -0.3 is 14.6 Å². The maximum atomic E-state index is 13.0. The van der Waals surface area contributed by atoms with E-state index in [9.17, 15) is 18.0 Å². The second-order valence-corrected chi connectivity index (χ2v) is 10.6. The lowest BCUT2D eigenvalue weighted by Crippen LogP contribution is -2.44. The van der Waals surface area contributed by atoms with E-state index in [1.165, 1.54) is 34.8 Å². The first kappa shape index (κ1) is 26.9. The highest BCUT2D eigenvalue weighted by atomic mass is 79.9. The van der Waals surface area contributed by atoms with Crippen molar-refractivity contribution < 1.29 is 32.6 Å². The Hall–Kier alpha value is -2.67. The van der Waals surface area contributed by atoms with E-state index in [0.29, 0.717) is 40.3 Å². The molecule has 1 fully saturated rings. The van der Waals surface area contributed by atoms with Crippen LogP contribution in [0.3, 0.4) is 0 Å². The van der Waals surface area contributed by atoms with Gasteiger partial charge in [-0.05, 0) is 77.7 Å². The minimum absolute atomic E-state index is 0.0589. The lowest BCUT2D eigenvalue weighted by atomic mass is 10.2. The van der Waals surface area contributed by atoms with Crippen LogP contribution in [0.25, 0.3) is 0 Å². The van der Waals surface area contributed by atoms with Crippen LogP contribution in [0.5, 0.6) is 11.5 Å². The molecule has 2 aromatic carbocycles. The van der Waals surface area contributed by atoms with E-state index in [4.69, 9.17) is 26.2 Å². The quantitative estimate of drug-likeness (QED) is 0.321. The van der Waals surface area contributed by atoms with Gasteiger partial charge in [0.1, 0.15) is 6.04 Å². The minimum Gasteiger partial charge on any atom is -0.490 e. The van der Waals surface area contributed by atoms with Crippen LogP contribution < -0.4 is 14.9 Å². The van der Waals surface area contributed by atoms with Crippen LogP contribution in [-0.4, -0.2) is 61.7 Å². The molecule has 3 rings (SSSR count). The van der Waals surface area contributed by atoms with Gasteiger partial charge in [0.2, 0.25) is 10.0 Å². The molecule has 0 radical (unpaired) electrons. The Morgan fingerprint density at radius 2 is 2.00 bits per heavy atom. The standard InChI is InChI=1S/C22H23BrClN3O7S/c1-2-33-19-11-14(10-17(23)21(19)34-13-20(28)29)12-25-26-22(30)18-4-3-9-27(18)35(31,32)16-7-5-15(24)6-8-16/h5-8,10-12,18H,2-4,9,13H2,1H3,(H,26,30)(H,28,29)/b25-12-/t18-/m0/s1. The number of hydrazone groups is 1. The topological polar surface area (TPSA) is 135 Å². The molecule has 13 heteroatoms. The van der Waals surface area contributed by atoms with Gasteiger partial charge in [-0.15, -0.1) is 0 Å². The predicted octanol–water partition coefficient (Wildman–Crippen LogP) is 3.27. The average Bonchev–Trinajstić information content (AvgIpc) is 3.30. The van der Waals surface area contributed by atoms with Gasteiger partial charge in [0.05, 0.1) is 22.2 Å². The fraction of sp³-hybridized carbons (Fsp3) is 0.318. The van der Waals surface area contributed by atoms with Crippen molar-refractivity contribution in [2.75, 3.05) is 19.8 Å². The normalized spacial score (nSPS) is 16.4. The van der Waals surface area contributed by atoms with Gasteiger partial charge in [0.15, 0.2) is 18.1 Å². The van der Waals surface area contributed by atoms with Gasteiger partial charge in [-0.1, -0.05) is 11.6 Å². The first-order valence-corrected chi connectivity index (χ1v) is 13.2. The summed E-state index contributed by atoms with van der Waals surface area (Å²) >= 11 is 9.17. The van der Waals surface area contributed by atoms with Crippen molar-refractivity contribution in [1.29, 1.82) is 0 Å². The number of rotatable bonds is 10. The number of carboxylic acids is 1. The SMILES string of the molecule is CCOc1cc(/C=N\NC(=O)[C@@H]2CCCN2S(=O)(=O)c2ccc(Cl)cc2)cc(Br)c1OCC(=O)O. The van der Waals surface area contributed by atoms with Gasteiger partial charge in [-0.25, -0.2) is 18.6 Å². The number of carboxylic acid groups (broad SMARTS) is 1. The summed E-state index contributed by atoms with van der Waals surface area (Å²) in [5, 5.41) is 13.2. The molecule has 10 nitrogen and oxygen atoms in total. The third-order valence-electron chi connectivity index (χ3n) is 4.99. The van der Waals surface area contributed by atoms with Crippen molar-refractivity contribution in [3.63, 3.8) is 0 Å². The molecule has 0 aliphatic carbocycles. The van der Waals surface area contributed by atoms with Gasteiger partial charge in [0, 0.05) is 11.6 Å². The number of amides is 1. The first-order chi connectivity index (χ1) is 16.6. The van der Waals surface area contributed by atoms with E-state index in [-0.39, 0.29) is 17.2 Å². The number of carbonyl (C=O) groups excluding carboxylic acids is 1. The number of nitrogens with zero attached hydrogens (tertiary/aromatic N) is 2. The highest BCUT2D eigenvalue weighted by Gasteiger charge is 2.39. The number of sulfonamides is 1. The number of carbonyl (C=O) groups is 2. The Morgan fingerprint density at radius 3 is 2.66 bits per heavy atom. The number of aliphatic carboxylic acids is 1. The van der Waals surface area contributed by atoms with E-state index in [0.717, 1.165) is 0 Å². The van der Waals surface area contributed by atoms with Crippen molar-refractivity contribution in [2.45, 2.75) is 30.7 Å². The average molecular weight is 589 g/mol. The molecule has 0 spiro atoms. The molecule has 0 saturated carbocycles. The molecule has 0 aromatic heterocycles. The van der Waals surface area contributed by atoms with Gasteiger partial charge in [-0.3, -0.25) is 4.79 Å². The third-order valence-corrected chi connectivity index (χ3v) is 7.75. The maximum Gasteiger partial charge on any atom is 0.341 e. The molecule has 0 unspecified atom stereocenters. The number of hydrogen-bond donors (Lipinski definition) is 2. The summed E-state index contributed by atoms with van der Waals surface area (Å²) in [6.45, 7) is 1.75. The summed E-state index contributed by atoms with van der Waals surface area (Å²) in [4.78, 5) is 23.6. The number of benzene rings is 2. The Balaban J connectivity index is 1.72. The molecule has 2 aromatic rings. The Kier molecular flexibility index (Phi) is 9.11. The molecular weight excluding hydrogens is 566 g/mol. The van der Waals surface area contributed by atoms with Crippen LogP contribution in [0.1, 0.15) is 25.3 Å². The van der Waals surface area contributed by atoms with Crippen molar-refractivity contribution in [2.24, 2.45) is 5.10 Å². The highest BCUT2D eigenvalue weighted by molar-refractivity contribution is 9.10. The van der Waals surface area contributed by atoms with Crippen LogP contribution in [-0.2, 0) is 19.6 Å². The molecule has 1 amide bonds. The Morgan fingerprint density at radius 1 is 1.29 bits per heavy atom. The summed E-state index contributed by atoms with van der Waals surface area (Å²) < 4.78 is 38.4. The van der Waals surface area contributed by atoms with Crippen LogP contribution >= 0.6 is 27.5 Å². The molecule has 0 bridgehead atoms. The fourth-order valence-electron chi connectivity index (χ4n) is 3.48. The second-order valence-electron chi connectivity index (χ2n) is 7.41. The van der Waals surface area contributed by atoms with E-state index in [1.807, 2.05) is 0 Å². The van der Waals surface area contributed by atoms with Crippen LogP contribution in [0, 0.1) is 0 Å². The lowest BCUT2D eigenvalue weighted by Gasteiger charge is -2.22. The van der Waals surface area contributed by atoms with E-state index in [2.05, 4.69) is 26.5 Å². The number of hydrogen-bond acceptors (Lipinski definition) is 7. The van der Waals surface area contributed by atoms with Gasteiger partial charge in [-0.2, -0.15) is 9.41 Å². The third kappa shape index (κ3) is 6.72. The van der Waals surface area contributed by atoms with Crippen LogP contribution in [0.2, 0.25) is 5.02 Å². The smallest absolute Gasteiger partial charge is 0.341 e. The molecule has 1 aliphatic heterocycles. The second kappa shape index (κ2) is 11.8. The summed E-state index contributed by atoms with van der Waals surface area (Å²) in [5.41, 5.74) is 2.93. The summed E-state index contributed by atoms with van der Waals surface area (Å²) in [7, 11) is -3.88. The van der Waals surface area contributed by atoms with Crippen LogP contribution in [0.4, 0.5) is 0 Å². The lowest BCUT2D eigenvalue weighted by molar-refractivity contribution is -0.139. The maximum absolute atomic E-state index is 13.0. The molecular formula is C22H23BrClN3O7S. The van der Waals surface area contributed by atoms with Crippen molar-refractivity contribution in [3.05, 3.63) is 51.5 Å². The molecule has 1 atom stereocenters. The first-order valence-electron chi connectivity index (χ1n) is 10.5. The van der Waals surface area contributed by atoms with Gasteiger partial charge in [0.25, 0.3) is 5.91 Å². The zero-order valence-electron chi connectivity index (χ0n) is 18.6. The van der Waals surface area contributed by atoms with Crippen molar-refractivity contribution >= 4 is 55.6 Å². The number of ether oxygens (including phenoxy) is 2. The Labute approximate surface area is 216 Å². The zero-order valence-corrected chi connectivity index (χ0v) is 21.8. The van der Waals surface area contributed by atoms with Crippen LogP contribution in [0.15, 0.2) is 50.9 Å². The fourth-order valence-corrected chi connectivity index (χ4v) is 5.83. The summed E-state index contributed by atoms with van der Waals surface area (Å²) in [6.07, 6.45) is 2.26. The van der Waals surface area contributed by atoms with E-state index < -0.39 is 34.5 Å². The van der Waals surface area contributed by atoms with Crippen molar-refractivity contribution in [1.82, 2.24) is 9.73 Å². The van der Waals surface area contributed by atoms with Gasteiger partial charge >= 0.3 is 5.97 Å². The monoisotopic (exact) mass is 587 g/mol. The Bertz CT molecular complexity index is 1220. The molecule has 35 heavy (non-hydrogen) atoms. The molecule has 1 saturated heterocycles. The summed E-state index contributed by atoms with van der Waals surface area (Å²) in [5.74, 6) is -1.16. The predicted molar refractivity (Wildman–Crippen MR) is 133 cm³/mol. The molecule has 188 valence electrons. The molecule has 2 N–H and O–H groups in total. The number of halogens is 2. The van der Waals surface area contributed by atoms with Crippen molar-refractivity contribution in [3.8, 4) is 11.5 Å². The summed E-state index contributed by atoms with van der Waals surface area (Å²) in [6, 6.07) is 8.07. The van der Waals surface area contributed by atoms with E-state index >= 15 is 0 Å². The van der Waals surface area contributed by atoms with E-state index in [1.54, 1.807) is 19.1 Å². The molecule has 1 aliphatic rings.